The summed E-state index contributed by atoms with van der Waals surface area (Å²) in [5, 5.41) is 8.78. The van der Waals surface area contributed by atoms with Gasteiger partial charge in [0.25, 0.3) is 0 Å². The molecule has 0 saturated heterocycles. The predicted molar refractivity (Wildman–Crippen MR) is 55.2 cm³/mol. The van der Waals surface area contributed by atoms with E-state index in [0.29, 0.717) is 12.1 Å². The number of carboxylic acid groups (broad SMARTS) is 1. The van der Waals surface area contributed by atoms with Gasteiger partial charge < -0.3 is 16.6 Å². The van der Waals surface area contributed by atoms with Crippen molar-refractivity contribution in [3.63, 3.8) is 0 Å². The molecular formula is C10H14N2O2. The SMILES string of the molecule is CC(N)Cc1cc(N)cc(C(=O)O)c1. The van der Waals surface area contributed by atoms with Crippen molar-refractivity contribution in [3.05, 3.63) is 29.3 Å². The number of nitrogens with two attached hydrogens (primary N) is 2. The summed E-state index contributed by atoms with van der Waals surface area (Å²) in [6, 6.07) is 4.78. The van der Waals surface area contributed by atoms with E-state index in [2.05, 4.69) is 0 Å². The fraction of sp³-hybridized carbons (Fsp3) is 0.300. The molecule has 1 aromatic rings. The standard InChI is InChI=1S/C10H14N2O2/c1-6(11)2-7-3-8(10(13)14)5-9(12)4-7/h3-6H,2,11-12H2,1H3,(H,13,14). The van der Waals surface area contributed by atoms with Crippen molar-refractivity contribution in [2.24, 2.45) is 5.73 Å². The zero-order chi connectivity index (χ0) is 10.7. The van der Waals surface area contributed by atoms with Crippen LogP contribution in [0.15, 0.2) is 18.2 Å². The van der Waals surface area contributed by atoms with E-state index in [4.69, 9.17) is 16.6 Å². The summed E-state index contributed by atoms with van der Waals surface area (Å²) in [4.78, 5) is 10.7. The van der Waals surface area contributed by atoms with Gasteiger partial charge in [0.1, 0.15) is 0 Å². The van der Waals surface area contributed by atoms with Gasteiger partial charge in [0.05, 0.1) is 5.56 Å². The first-order chi connectivity index (χ1) is 6.49. The highest BCUT2D eigenvalue weighted by molar-refractivity contribution is 5.89. The fourth-order valence-electron chi connectivity index (χ4n) is 1.33. The Morgan fingerprint density at radius 3 is 2.64 bits per heavy atom. The third-order valence-corrected chi connectivity index (χ3v) is 1.82. The van der Waals surface area contributed by atoms with Gasteiger partial charge in [-0.1, -0.05) is 0 Å². The number of rotatable bonds is 3. The molecule has 0 aliphatic heterocycles. The molecule has 76 valence electrons. The van der Waals surface area contributed by atoms with Crippen LogP contribution in [0, 0.1) is 0 Å². The lowest BCUT2D eigenvalue weighted by molar-refractivity contribution is 0.0697. The molecule has 0 heterocycles. The number of anilines is 1. The first-order valence-electron chi connectivity index (χ1n) is 4.37. The summed E-state index contributed by atoms with van der Waals surface area (Å²) in [7, 11) is 0. The highest BCUT2D eigenvalue weighted by Gasteiger charge is 2.06. The number of aromatic carboxylic acids is 1. The van der Waals surface area contributed by atoms with E-state index < -0.39 is 5.97 Å². The van der Waals surface area contributed by atoms with E-state index in [0.717, 1.165) is 5.56 Å². The molecule has 0 bridgehead atoms. The van der Waals surface area contributed by atoms with Gasteiger partial charge in [0.2, 0.25) is 0 Å². The van der Waals surface area contributed by atoms with Crippen molar-refractivity contribution in [2.45, 2.75) is 19.4 Å². The summed E-state index contributed by atoms with van der Waals surface area (Å²) >= 11 is 0. The number of carboxylic acids is 1. The summed E-state index contributed by atoms with van der Waals surface area (Å²) < 4.78 is 0. The number of hydrogen-bond donors (Lipinski definition) is 3. The number of hydrogen-bond acceptors (Lipinski definition) is 3. The first kappa shape index (κ1) is 10.5. The van der Waals surface area contributed by atoms with Gasteiger partial charge in [0, 0.05) is 11.7 Å². The molecular weight excluding hydrogens is 180 g/mol. The topological polar surface area (TPSA) is 89.3 Å². The Morgan fingerprint density at radius 2 is 2.14 bits per heavy atom. The van der Waals surface area contributed by atoms with Crippen LogP contribution in [-0.2, 0) is 6.42 Å². The Bertz CT molecular complexity index is 348. The van der Waals surface area contributed by atoms with Gasteiger partial charge >= 0.3 is 5.97 Å². The summed E-state index contributed by atoms with van der Waals surface area (Å²) in [5.41, 5.74) is 12.7. The second-order valence-electron chi connectivity index (χ2n) is 3.45. The van der Waals surface area contributed by atoms with Crippen molar-refractivity contribution < 1.29 is 9.90 Å². The molecule has 0 saturated carbocycles. The summed E-state index contributed by atoms with van der Waals surface area (Å²) in [6.07, 6.45) is 0.630. The van der Waals surface area contributed by atoms with Crippen molar-refractivity contribution in [1.29, 1.82) is 0 Å². The van der Waals surface area contributed by atoms with Crippen LogP contribution in [0.1, 0.15) is 22.8 Å². The Balaban J connectivity index is 3.01. The molecule has 0 spiro atoms. The molecule has 0 aliphatic rings. The Hall–Kier alpha value is -1.55. The molecule has 0 amide bonds. The number of nitrogen functional groups attached to an aromatic ring is 1. The molecule has 4 nitrogen and oxygen atoms in total. The van der Waals surface area contributed by atoms with Gasteiger partial charge in [-0.3, -0.25) is 0 Å². The molecule has 0 radical (unpaired) electrons. The third kappa shape index (κ3) is 2.74. The lowest BCUT2D eigenvalue weighted by atomic mass is 10.0. The van der Waals surface area contributed by atoms with Crippen LogP contribution in [-0.4, -0.2) is 17.1 Å². The van der Waals surface area contributed by atoms with Crippen LogP contribution in [0.3, 0.4) is 0 Å². The van der Waals surface area contributed by atoms with E-state index in [1.165, 1.54) is 6.07 Å². The third-order valence-electron chi connectivity index (χ3n) is 1.82. The highest BCUT2D eigenvalue weighted by atomic mass is 16.4. The van der Waals surface area contributed by atoms with Crippen molar-refractivity contribution >= 4 is 11.7 Å². The molecule has 1 rings (SSSR count). The Kier molecular flexibility index (Phi) is 3.09. The maximum atomic E-state index is 10.7. The van der Waals surface area contributed by atoms with Crippen LogP contribution >= 0.6 is 0 Å². The Morgan fingerprint density at radius 1 is 1.50 bits per heavy atom. The zero-order valence-corrected chi connectivity index (χ0v) is 8.03. The summed E-state index contributed by atoms with van der Waals surface area (Å²) in [6.45, 7) is 1.86. The second-order valence-corrected chi connectivity index (χ2v) is 3.45. The first-order valence-corrected chi connectivity index (χ1v) is 4.37. The molecule has 1 atom stereocenters. The van der Waals surface area contributed by atoms with E-state index in [-0.39, 0.29) is 11.6 Å². The van der Waals surface area contributed by atoms with Crippen LogP contribution in [0.5, 0.6) is 0 Å². The quantitative estimate of drug-likeness (QED) is 0.622. The van der Waals surface area contributed by atoms with E-state index >= 15 is 0 Å². The number of benzene rings is 1. The highest BCUT2D eigenvalue weighted by Crippen LogP contribution is 2.13. The molecule has 0 aliphatic carbocycles. The van der Waals surface area contributed by atoms with Crippen molar-refractivity contribution in [3.8, 4) is 0 Å². The molecule has 1 aromatic carbocycles. The van der Waals surface area contributed by atoms with Gasteiger partial charge in [-0.2, -0.15) is 0 Å². The zero-order valence-electron chi connectivity index (χ0n) is 8.03. The fourth-order valence-corrected chi connectivity index (χ4v) is 1.33. The smallest absolute Gasteiger partial charge is 0.335 e. The average molecular weight is 194 g/mol. The molecule has 1 unspecified atom stereocenters. The number of carbonyl (C=O) groups is 1. The molecule has 5 N–H and O–H groups in total. The van der Waals surface area contributed by atoms with Crippen molar-refractivity contribution in [2.75, 3.05) is 5.73 Å². The minimum absolute atomic E-state index is 0.00144. The lowest BCUT2D eigenvalue weighted by Crippen LogP contribution is -2.18. The van der Waals surface area contributed by atoms with E-state index in [1.54, 1.807) is 12.1 Å². The van der Waals surface area contributed by atoms with Gasteiger partial charge in [-0.15, -0.1) is 0 Å². The Labute approximate surface area is 82.5 Å². The average Bonchev–Trinajstić information content (AvgIpc) is 2.01. The lowest BCUT2D eigenvalue weighted by Gasteiger charge is -2.07. The van der Waals surface area contributed by atoms with Gasteiger partial charge in [-0.05, 0) is 37.1 Å². The largest absolute Gasteiger partial charge is 0.478 e. The molecule has 14 heavy (non-hydrogen) atoms. The second kappa shape index (κ2) is 4.11. The minimum atomic E-state index is -0.969. The van der Waals surface area contributed by atoms with Crippen LogP contribution in [0.25, 0.3) is 0 Å². The van der Waals surface area contributed by atoms with Crippen molar-refractivity contribution in [1.82, 2.24) is 0 Å². The van der Waals surface area contributed by atoms with Gasteiger partial charge in [0.15, 0.2) is 0 Å². The maximum Gasteiger partial charge on any atom is 0.335 e. The maximum absolute atomic E-state index is 10.7. The predicted octanol–water partition coefficient (Wildman–Crippen LogP) is 0.857. The monoisotopic (exact) mass is 194 g/mol. The molecule has 0 aromatic heterocycles. The van der Waals surface area contributed by atoms with Crippen LogP contribution < -0.4 is 11.5 Å². The van der Waals surface area contributed by atoms with E-state index in [1.807, 2.05) is 6.92 Å². The minimum Gasteiger partial charge on any atom is -0.478 e. The normalized spacial score (nSPS) is 12.4. The molecule has 4 heteroatoms. The molecule has 0 fully saturated rings. The van der Waals surface area contributed by atoms with Crippen LogP contribution in [0.2, 0.25) is 0 Å². The van der Waals surface area contributed by atoms with Crippen LogP contribution in [0.4, 0.5) is 5.69 Å². The van der Waals surface area contributed by atoms with Gasteiger partial charge in [-0.25, -0.2) is 4.79 Å². The van der Waals surface area contributed by atoms with E-state index in [9.17, 15) is 4.79 Å². The summed E-state index contributed by atoms with van der Waals surface area (Å²) in [5.74, 6) is -0.969.